The zero-order valence-corrected chi connectivity index (χ0v) is 17.6. The van der Waals surface area contributed by atoms with Gasteiger partial charge in [-0.05, 0) is 29.3 Å². The first-order valence-electron chi connectivity index (χ1n) is 10.5. The number of carbonyl (C=O) groups is 1. The number of rotatable bonds is 6. The van der Waals surface area contributed by atoms with Crippen LogP contribution in [0.5, 0.6) is 0 Å². The number of amides is 2. The maximum absolute atomic E-state index is 13.0. The normalized spacial score (nSPS) is 14.7. The van der Waals surface area contributed by atoms with E-state index in [-0.39, 0.29) is 12.1 Å². The molecule has 1 atom stereocenters. The number of urea groups is 1. The molecule has 1 unspecified atom stereocenters. The lowest BCUT2D eigenvalue weighted by atomic mass is 10.0. The molecule has 3 heterocycles. The summed E-state index contributed by atoms with van der Waals surface area (Å²) >= 11 is 0. The lowest BCUT2D eigenvalue weighted by molar-refractivity contribution is 0.122. The Morgan fingerprint density at radius 2 is 1.84 bits per heavy atom. The minimum atomic E-state index is -0.274. The Balaban J connectivity index is 1.42. The standard InChI is InChI=1S/C24H27N5O2/c1-28(23(20-7-3-2-4-8-20)21-9-5-6-12-25-21)24(30)27-18-19-10-11-22(26-17-19)29-13-15-31-16-14-29/h2-12,17,23H,13-16,18H2,1H3,(H,27,30). The van der Waals surface area contributed by atoms with Crippen molar-refractivity contribution in [3.8, 4) is 0 Å². The fraction of sp³-hybridized carbons (Fsp3) is 0.292. The number of morpholine rings is 1. The van der Waals surface area contributed by atoms with Gasteiger partial charge in [0.2, 0.25) is 0 Å². The predicted molar refractivity (Wildman–Crippen MR) is 120 cm³/mol. The van der Waals surface area contributed by atoms with Crippen LogP contribution in [0, 0.1) is 0 Å². The maximum Gasteiger partial charge on any atom is 0.318 e. The predicted octanol–water partition coefficient (Wildman–Crippen LogP) is 3.24. The Morgan fingerprint density at radius 1 is 1.06 bits per heavy atom. The average molecular weight is 418 g/mol. The van der Waals surface area contributed by atoms with E-state index < -0.39 is 0 Å². The van der Waals surface area contributed by atoms with E-state index >= 15 is 0 Å². The van der Waals surface area contributed by atoms with Gasteiger partial charge in [-0.15, -0.1) is 0 Å². The van der Waals surface area contributed by atoms with Crippen molar-refractivity contribution in [2.24, 2.45) is 0 Å². The van der Waals surface area contributed by atoms with Crippen molar-refractivity contribution >= 4 is 11.8 Å². The molecule has 7 nitrogen and oxygen atoms in total. The molecule has 1 aromatic carbocycles. The number of nitrogens with one attached hydrogen (secondary N) is 1. The summed E-state index contributed by atoms with van der Waals surface area (Å²) in [6, 6.07) is 19.2. The first-order valence-corrected chi connectivity index (χ1v) is 10.5. The average Bonchev–Trinajstić information content (AvgIpc) is 2.85. The van der Waals surface area contributed by atoms with Gasteiger partial charge in [0.25, 0.3) is 0 Å². The third-order valence-corrected chi connectivity index (χ3v) is 5.38. The molecule has 0 saturated carbocycles. The van der Waals surface area contributed by atoms with Crippen LogP contribution in [0.25, 0.3) is 0 Å². The number of hydrogen-bond donors (Lipinski definition) is 1. The van der Waals surface area contributed by atoms with Crippen LogP contribution in [0.4, 0.5) is 10.6 Å². The summed E-state index contributed by atoms with van der Waals surface area (Å²) in [5.41, 5.74) is 2.78. The van der Waals surface area contributed by atoms with Crippen molar-refractivity contribution in [3.05, 3.63) is 89.9 Å². The van der Waals surface area contributed by atoms with Crippen LogP contribution >= 0.6 is 0 Å². The second-order valence-electron chi connectivity index (χ2n) is 7.46. The van der Waals surface area contributed by atoms with Crippen LogP contribution in [0.1, 0.15) is 22.9 Å². The molecule has 31 heavy (non-hydrogen) atoms. The minimum Gasteiger partial charge on any atom is -0.378 e. The van der Waals surface area contributed by atoms with E-state index in [1.807, 2.05) is 66.9 Å². The quantitative estimate of drug-likeness (QED) is 0.667. The molecule has 0 bridgehead atoms. The molecule has 160 valence electrons. The summed E-state index contributed by atoms with van der Waals surface area (Å²) in [6.45, 7) is 3.56. The van der Waals surface area contributed by atoms with Crippen LogP contribution in [0.15, 0.2) is 73.1 Å². The Morgan fingerprint density at radius 3 is 2.52 bits per heavy atom. The smallest absolute Gasteiger partial charge is 0.318 e. The van der Waals surface area contributed by atoms with E-state index in [1.165, 1.54) is 0 Å². The van der Waals surface area contributed by atoms with E-state index in [9.17, 15) is 4.79 Å². The number of carbonyl (C=O) groups excluding carboxylic acids is 1. The molecule has 1 aliphatic rings. The summed E-state index contributed by atoms with van der Waals surface area (Å²) in [5, 5.41) is 3.00. The highest BCUT2D eigenvalue weighted by atomic mass is 16.5. The minimum absolute atomic E-state index is 0.170. The van der Waals surface area contributed by atoms with Crippen molar-refractivity contribution in [1.82, 2.24) is 20.2 Å². The van der Waals surface area contributed by atoms with E-state index in [2.05, 4.69) is 20.2 Å². The lowest BCUT2D eigenvalue weighted by Gasteiger charge is -2.29. The SMILES string of the molecule is CN(C(=O)NCc1ccc(N2CCOCC2)nc1)C(c1ccccc1)c1ccccn1. The Kier molecular flexibility index (Phi) is 6.74. The van der Waals surface area contributed by atoms with Gasteiger partial charge in [-0.25, -0.2) is 9.78 Å². The second kappa shape index (κ2) is 10.0. The van der Waals surface area contributed by atoms with Crippen molar-refractivity contribution in [3.63, 3.8) is 0 Å². The summed E-state index contributed by atoms with van der Waals surface area (Å²) in [6.07, 6.45) is 3.57. The molecule has 4 rings (SSSR count). The molecular formula is C24H27N5O2. The van der Waals surface area contributed by atoms with E-state index in [4.69, 9.17) is 4.74 Å². The molecular weight excluding hydrogens is 390 g/mol. The molecule has 1 saturated heterocycles. The number of anilines is 1. The molecule has 1 fully saturated rings. The van der Waals surface area contributed by atoms with Gasteiger partial charge in [-0.2, -0.15) is 0 Å². The molecule has 7 heteroatoms. The fourth-order valence-electron chi connectivity index (χ4n) is 3.69. The zero-order chi connectivity index (χ0) is 21.5. The van der Waals surface area contributed by atoms with Crippen molar-refractivity contribution < 1.29 is 9.53 Å². The maximum atomic E-state index is 13.0. The Hall–Kier alpha value is -3.45. The monoisotopic (exact) mass is 417 g/mol. The lowest BCUT2D eigenvalue weighted by Crippen LogP contribution is -2.40. The zero-order valence-electron chi connectivity index (χ0n) is 17.6. The Bertz CT molecular complexity index is 921. The summed E-state index contributed by atoms with van der Waals surface area (Å²) in [7, 11) is 1.79. The molecule has 0 radical (unpaired) electrons. The van der Waals surface area contributed by atoms with Gasteiger partial charge in [0, 0.05) is 39.1 Å². The first-order chi connectivity index (χ1) is 15.2. The van der Waals surface area contributed by atoms with Crippen LogP contribution in [-0.2, 0) is 11.3 Å². The van der Waals surface area contributed by atoms with Crippen LogP contribution in [-0.4, -0.2) is 54.2 Å². The highest BCUT2D eigenvalue weighted by Gasteiger charge is 2.24. The van der Waals surface area contributed by atoms with Gasteiger partial charge < -0.3 is 19.9 Å². The second-order valence-corrected chi connectivity index (χ2v) is 7.46. The number of hydrogen-bond acceptors (Lipinski definition) is 5. The van der Waals surface area contributed by atoms with Gasteiger partial charge in [-0.3, -0.25) is 4.98 Å². The van der Waals surface area contributed by atoms with Gasteiger partial charge >= 0.3 is 6.03 Å². The van der Waals surface area contributed by atoms with E-state index in [0.29, 0.717) is 6.54 Å². The molecule has 3 aromatic rings. The molecule has 0 aliphatic carbocycles. The van der Waals surface area contributed by atoms with Crippen molar-refractivity contribution in [2.45, 2.75) is 12.6 Å². The highest BCUT2D eigenvalue weighted by Crippen LogP contribution is 2.26. The fourth-order valence-corrected chi connectivity index (χ4v) is 3.69. The number of benzene rings is 1. The number of pyridine rings is 2. The van der Waals surface area contributed by atoms with Crippen molar-refractivity contribution in [2.75, 3.05) is 38.3 Å². The van der Waals surface area contributed by atoms with E-state index in [1.54, 1.807) is 18.1 Å². The third kappa shape index (κ3) is 5.19. The number of aromatic nitrogens is 2. The molecule has 0 spiro atoms. The number of ether oxygens (including phenoxy) is 1. The highest BCUT2D eigenvalue weighted by molar-refractivity contribution is 5.75. The van der Waals surface area contributed by atoms with Crippen LogP contribution in [0.2, 0.25) is 0 Å². The van der Waals surface area contributed by atoms with E-state index in [0.717, 1.165) is 48.9 Å². The van der Waals surface area contributed by atoms with Gasteiger partial charge in [-0.1, -0.05) is 42.5 Å². The van der Waals surface area contributed by atoms with Gasteiger partial charge in [0.1, 0.15) is 11.9 Å². The third-order valence-electron chi connectivity index (χ3n) is 5.38. The number of nitrogens with zero attached hydrogens (tertiary/aromatic N) is 4. The Labute approximate surface area is 182 Å². The molecule has 1 aliphatic heterocycles. The topological polar surface area (TPSA) is 70.6 Å². The largest absolute Gasteiger partial charge is 0.378 e. The molecule has 2 aromatic heterocycles. The molecule has 2 amide bonds. The van der Waals surface area contributed by atoms with Gasteiger partial charge in [0.05, 0.1) is 18.9 Å². The van der Waals surface area contributed by atoms with Gasteiger partial charge in [0.15, 0.2) is 0 Å². The van der Waals surface area contributed by atoms with Crippen molar-refractivity contribution in [1.29, 1.82) is 0 Å². The van der Waals surface area contributed by atoms with Crippen LogP contribution < -0.4 is 10.2 Å². The molecule has 1 N–H and O–H groups in total. The first kappa shape index (κ1) is 20.8. The van der Waals surface area contributed by atoms with Crippen LogP contribution in [0.3, 0.4) is 0 Å². The summed E-state index contributed by atoms with van der Waals surface area (Å²) in [5.74, 6) is 0.940. The summed E-state index contributed by atoms with van der Waals surface area (Å²) in [4.78, 5) is 25.9. The summed E-state index contributed by atoms with van der Waals surface area (Å²) < 4.78 is 5.39.